The Kier molecular flexibility index (Phi) is 4.92. The van der Waals surface area contributed by atoms with Crippen LogP contribution in [0.15, 0.2) is 24.3 Å². The molecule has 0 aromatic heterocycles. The van der Waals surface area contributed by atoms with Crippen LogP contribution >= 0.6 is 12.4 Å². The minimum absolute atomic E-state index is 0. The number of fused-ring (bicyclic) bond motifs is 1. The van der Waals surface area contributed by atoms with Crippen LogP contribution in [-0.4, -0.2) is 30.6 Å². The molecule has 0 unspecified atom stereocenters. The van der Waals surface area contributed by atoms with E-state index in [0.717, 1.165) is 56.9 Å². The van der Waals surface area contributed by atoms with Crippen molar-refractivity contribution in [1.29, 1.82) is 0 Å². The fourth-order valence-corrected chi connectivity index (χ4v) is 3.10. The maximum Gasteiger partial charge on any atom is 0.324 e. The number of para-hydroxylation sites is 1. The number of piperidine rings is 1. The van der Waals surface area contributed by atoms with E-state index in [0.29, 0.717) is 0 Å². The first-order valence-corrected chi connectivity index (χ1v) is 7.40. The lowest BCUT2D eigenvalue weighted by atomic mass is 9.99. The number of amides is 2. The van der Waals surface area contributed by atoms with Crippen molar-refractivity contribution in [2.75, 3.05) is 24.5 Å². The molecule has 1 fully saturated rings. The number of hydrogen-bond donors (Lipinski definition) is 0. The fourth-order valence-electron chi connectivity index (χ4n) is 3.10. The number of carbonyl (C=O) groups is 1. The third kappa shape index (κ3) is 2.93. The summed E-state index contributed by atoms with van der Waals surface area (Å²) in [7, 11) is 0. The maximum absolute atomic E-state index is 12.7. The highest BCUT2D eigenvalue weighted by Crippen LogP contribution is 2.28. The zero-order valence-electron chi connectivity index (χ0n) is 12.0. The van der Waals surface area contributed by atoms with Crippen molar-refractivity contribution >= 4 is 24.1 Å². The normalized spacial score (nSPS) is 19.2. The quantitative estimate of drug-likeness (QED) is 0.715. The van der Waals surface area contributed by atoms with E-state index in [-0.39, 0.29) is 18.4 Å². The van der Waals surface area contributed by atoms with Gasteiger partial charge >= 0.3 is 6.03 Å². The monoisotopic (exact) mass is 294 g/mol. The summed E-state index contributed by atoms with van der Waals surface area (Å²) in [6.45, 7) is 4.97. The van der Waals surface area contributed by atoms with E-state index in [4.69, 9.17) is 0 Å². The van der Waals surface area contributed by atoms with Gasteiger partial charge in [-0.1, -0.05) is 25.1 Å². The summed E-state index contributed by atoms with van der Waals surface area (Å²) in [5.41, 5.74) is 2.44. The average Bonchev–Trinajstić information content (AvgIpc) is 2.47. The lowest BCUT2D eigenvalue weighted by Crippen LogP contribution is -2.48. The Morgan fingerprint density at radius 3 is 2.60 bits per heavy atom. The Morgan fingerprint density at radius 2 is 1.85 bits per heavy atom. The van der Waals surface area contributed by atoms with E-state index < -0.39 is 0 Å². The summed E-state index contributed by atoms with van der Waals surface area (Å²) in [4.78, 5) is 16.7. The molecule has 0 atom stereocenters. The molecule has 0 N–H and O–H groups in total. The molecule has 4 heteroatoms. The molecular formula is C16H23ClN2O. The Balaban J connectivity index is 0.00000147. The Morgan fingerprint density at radius 1 is 1.15 bits per heavy atom. The number of aryl methyl sites for hydroxylation is 1. The van der Waals surface area contributed by atoms with Crippen LogP contribution in [0.1, 0.15) is 31.7 Å². The van der Waals surface area contributed by atoms with Gasteiger partial charge in [0.2, 0.25) is 0 Å². The van der Waals surface area contributed by atoms with Crippen LogP contribution in [0.25, 0.3) is 0 Å². The molecule has 2 amide bonds. The van der Waals surface area contributed by atoms with Gasteiger partial charge in [0.05, 0.1) is 0 Å². The van der Waals surface area contributed by atoms with Gasteiger partial charge in [-0.25, -0.2) is 4.79 Å². The SMILES string of the molecule is CC1CCN(C(=O)N2CCCc3ccccc32)CC1.Cl. The molecule has 20 heavy (non-hydrogen) atoms. The summed E-state index contributed by atoms with van der Waals surface area (Å²) in [5.74, 6) is 0.762. The molecule has 1 aromatic carbocycles. The van der Waals surface area contributed by atoms with Gasteiger partial charge in [-0.05, 0) is 43.2 Å². The molecule has 0 bridgehead atoms. The van der Waals surface area contributed by atoms with Gasteiger partial charge in [0.15, 0.2) is 0 Å². The highest BCUT2D eigenvalue weighted by Gasteiger charge is 2.28. The van der Waals surface area contributed by atoms with Crippen LogP contribution in [0.5, 0.6) is 0 Å². The van der Waals surface area contributed by atoms with Crippen molar-refractivity contribution in [2.45, 2.75) is 32.6 Å². The molecule has 3 nitrogen and oxygen atoms in total. The number of urea groups is 1. The van der Waals surface area contributed by atoms with E-state index in [9.17, 15) is 4.79 Å². The zero-order valence-corrected chi connectivity index (χ0v) is 12.9. The van der Waals surface area contributed by atoms with Gasteiger partial charge in [0, 0.05) is 25.3 Å². The molecule has 3 rings (SSSR count). The standard InChI is InChI=1S/C16H22N2O.ClH/c1-13-8-11-17(12-9-13)16(19)18-10-4-6-14-5-2-3-7-15(14)18;/h2-3,5,7,13H,4,6,8-12H2,1H3;1H. The van der Waals surface area contributed by atoms with Crippen molar-refractivity contribution in [3.8, 4) is 0 Å². The van der Waals surface area contributed by atoms with Crippen LogP contribution in [0.4, 0.5) is 10.5 Å². The van der Waals surface area contributed by atoms with E-state index in [1.54, 1.807) is 0 Å². The number of anilines is 1. The lowest BCUT2D eigenvalue weighted by Gasteiger charge is -2.37. The van der Waals surface area contributed by atoms with Crippen LogP contribution in [0, 0.1) is 5.92 Å². The molecule has 2 aliphatic heterocycles. The molecule has 110 valence electrons. The Hall–Kier alpha value is -1.22. The topological polar surface area (TPSA) is 23.6 Å². The molecule has 0 aliphatic carbocycles. The number of halogens is 1. The molecular weight excluding hydrogens is 272 g/mol. The average molecular weight is 295 g/mol. The van der Waals surface area contributed by atoms with Crippen molar-refractivity contribution in [3.63, 3.8) is 0 Å². The minimum Gasteiger partial charge on any atom is -0.324 e. The third-order valence-corrected chi connectivity index (χ3v) is 4.40. The van der Waals surface area contributed by atoms with Gasteiger partial charge < -0.3 is 4.90 Å². The molecule has 0 radical (unpaired) electrons. The molecule has 2 heterocycles. The second-order valence-corrected chi connectivity index (χ2v) is 5.84. The summed E-state index contributed by atoms with van der Waals surface area (Å²) >= 11 is 0. The Labute approximate surface area is 127 Å². The van der Waals surface area contributed by atoms with Crippen molar-refractivity contribution < 1.29 is 4.79 Å². The molecule has 2 aliphatic rings. The van der Waals surface area contributed by atoms with Crippen LogP contribution in [0.2, 0.25) is 0 Å². The van der Waals surface area contributed by atoms with Gasteiger partial charge in [0.25, 0.3) is 0 Å². The predicted molar refractivity (Wildman–Crippen MR) is 84.7 cm³/mol. The summed E-state index contributed by atoms with van der Waals surface area (Å²) in [6, 6.07) is 8.53. The highest BCUT2D eigenvalue weighted by molar-refractivity contribution is 5.93. The number of carbonyl (C=O) groups excluding carboxylic acids is 1. The lowest BCUT2D eigenvalue weighted by molar-refractivity contribution is 0.179. The van der Waals surface area contributed by atoms with Crippen LogP contribution in [-0.2, 0) is 6.42 Å². The van der Waals surface area contributed by atoms with Gasteiger partial charge in [-0.3, -0.25) is 4.90 Å². The second-order valence-electron chi connectivity index (χ2n) is 5.84. The minimum atomic E-state index is 0. The summed E-state index contributed by atoms with van der Waals surface area (Å²) < 4.78 is 0. The van der Waals surface area contributed by atoms with E-state index in [1.807, 2.05) is 15.9 Å². The van der Waals surface area contributed by atoms with Crippen LogP contribution in [0.3, 0.4) is 0 Å². The zero-order chi connectivity index (χ0) is 13.2. The summed E-state index contributed by atoms with van der Waals surface area (Å²) in [5, 5.41) is 0. The fraction of sp³-hybridized carbons (Fsp3) is 0.562. The first-order valence-electron chi connectivity index (χ1n) is 7.40. The van der Waals surface area contributed by atoms with Gasteiger partial charge in [-0.2, -0.15) is 0 Å². The number of likely N-dealkylation sites (tertiary alicyclic amines) is 1. The molecule has 1 saturated heterocycles. The van der Waals surface area contributed by atoms with Crippen molar-refractivity contribution in [1.82, 2.24) is 4.90 Å². The van der Waals surface area contributed by atoms with Crippen molar-refractivity contribution in [3.05, 3.63) is 29.8 Å². The van der Waals surface area contributed by atoms with Crippen LogP contribution < -0.4 is 4.90 Å². The third-order valence-electron chi connectivity index (χ3n) is 4.40. The number of rotatable bonds is 0. The van der Waals surface area contributed by atoms with Gasteiger partial charge in [0.1, 0.15) is 0 Å². The first kappa shape index (κ1) is 15.2. The summed E-state index contributed by atoms with van der Waals surface area (Å²) in [6.07, 6.45) is 4.45. The largest absolute Gasteiger partial charge is 0.324 e. The number of nitrogens with zero attached hydrogens (tertiary/aromatic N) is 2. The molecule has 0 spiro atoms. The number of benzene rings is 1. The van der Waals surface area contributed by atoms with Gasteiger partial charge in [-0.15, -0.1) is 12.4 Å². The molecule has 0 saturated carbocycles. The maximum atomic E-state index is 12.7. The Bertz CT molecular complexity index is 469. The van der Waals surface area contributed by atoms with E-state index >= 15 is 0 Å². The van der Waals surface area contributed by atoms with Crippen molar-refractivity contribution in [2.24, 2.45) is 5.92 Å². The first-order chi connectivity index (χ1) is 9.25. The van der Waals surface area contributed by atoms with E-state index in [2.05, 4.69) is 25.1 Å². The highest BCUT2D eigenvalue weighted by atomic mass is 35.5. The van der Waals surface area contributed by atoms with E-state index in [1.165, 1.54) is 5.56 Å². The predicted octanol–water partition coefficient (Wildman–Crippen LogP) is 3.71. The smallest absolute Gasteiger partial charge is 0.324 e. The molecule has 1 aromatic rings. The second kappa shape index (κ2) is 6.49. The number of hydrogen-bond acceptors (Lipinski definition) is 1.